The molecule has 0 radical (unpaired) electrons. The number of carbonyl (C=O) groups is 2. The van der Waals surface area contributed by atoms with Crippen molar-refractivity contribution in [2.24, 2.45) is 0 Å². The molecule has 0 unspecified atom stereocenters. The highest BCUT2D eigenvalue weighted by molar-refractivity contribution is 6.02. The molecule has 24 heavy (non-hydrogen) atoms. The number of hydrogen-bond donors (Lipinski definition) is 2. The minimum absolute atomic E-state index is 0.212. The van der Waals surface area contributed by atoms with Crippen LogP contribution in [0.2, 0.25) is 0 Å². The van der Waals surface area contributed by atoms with E-state index in [-0.39, 0.29) is 5.70 Å². The van der Waals surface area contributed by atoms with E-state index in [0.29, 0.717) is 23.5 Å². The lowest BCUT2D eigenvalue weighted by Gasteiger charge is -2.10. The molecule has 0 aromatic heterocycles. The van der Waals surface area contributed by atoms with E-state index < -0.39 is 11.9 Å². The first-order chi connectivity index (χ1) is 11.6. The van der Waals surface area contributed by atoms with Crippen LogP contribution in [0.1, 0.15) is 29.3 Å². The van der Waals surface area contributed by atoms with Crippen molar-refractivity contribution in [3.05, 3.63) is 71.4 Å². The van der Waals surface area contributed by atoms with Gasteiger partial charge in [0.25, 0.3) is 5.91 Å². The Morgan fingerprint density at radius 3 is 2.42 bits per heavy atom. The minimum atomic E-state index is -1.22. The molecule has 124 valence electrons. The van der Waals surface area contributed by atoms with Gasteiger partial charge in [0.2, 0.25) is 0 Å². The van der Waals surface area contributed by atoms with Crippen molar-refractivity contribution in [3.63, 3.8) is 0 Å². The summed E-state index contributed by atoms with van der Waals surface area (Å²) in [6.07, 6.45) is 2.24. The molecule has 1 amide bonds. The average molecular weight is 325 g/mol. The monoisotopic (exact) mass is 325 g/mol. The van der Waals surface area contributed by atoms with Gasteiger partial charge in [0, 0.05) is 11.1 Å². The third-order valence-electron chi connectivity index (χ3n) is 3.20. The Morgan fingerprint density at radius 2 is 1.75 bits per heavy atom. The third-order valence-corrected chi connectivity index (χ3v) is 3.20. The molecule has 0 atom stereocenters. The van der Waals surface area contributed by atoms with Crippen molar-refractivity contribution in [3.8, 4) is 5.75 Å². The fourth-order valence-corrected chi connectivity index (χ4v) is 2.03. The van der Waals surface area contributed by atoms with Gasteiger partial charge in [-0.2, -0.15) is 0 Å². The van der Waals surface area contributed by atoms with E-state index in [1.165, 1.54) is 6.08 Å². The quantitative estimate of drug-likeness (QED) is 0.766. The maximum absolute atomic E-state index is 12.2. The maximum Gasteiger partial charge on any atom is 0.352 e. The molecule has 2 rings (SSSR count). The van der Waals surface area contributed by atoms with E-state index in [4.69, 9.17) is 4.74 Å². The first-order valence-corrected chi connectivity index (χ1v) is 7.65. The molecule has 5 heteroatoms. The smallest absolute Gasteiger partial charge is 0.352 e. The molecule has 5 nitrogen and oxygen atoms in total. The van der Waals surface area contributed by atoms with Crippen molar-refractivity contribution < 1.29 is 19.4 Å². The van der Waals surface area contributed by atoms with E-state index in [1.807, 2.05) is 13.0 Å². The number of aliphatic carboxylic acids is 1. The summed E-state index contributed by atoms with van der Waals surface area (Å²) in [4.78, 5) is 23.6. The summed E-state index contributed by atoms with van der Waals surface area (Å²) in [5, 5.41) is 11.8. The highest BCUT2D eigenvalue weighted by atomic mass is 16.5. The van der Waals surface area contributed by atoms with Gasteiger partial charge in [-0.05, 0) is 30.7 Å². The maximum atomic E-state index is 12.2. The molecule has 0 fully saturated rings. The number of para-hydroxylation sites is 1. The Morgan fingerprint density at radius 1 is 1.08 bits per heavy atom. The van der Waals surface area contributed by atoms with Crippen molar-refractivity contribution in [2.75, 3.05) is 6.61 Å². The van der Waals surface area contributed by atoms with Gasteiger partial charge in [0.1, 0.15) is 11.4 Å². The number of carboxylic acids is 1. The number of hydrogen-bond acceptors (Lipinski definition) is 3. The molecular formula is C19H19NO4. The molecule has 0 spiro atoms. The van der Waals surface area contributed by atoms with Gasteiger partial charge >= 0.3 is 5.97 Å². The van der Waals surface area contributed by atoms with Crippen molar-refractivity contribution in [2.45, 2.75) is 13.3 Å². The van der Waals surface area contributed by atoms with Crippen molar-refractivity contribution in [1.82, 2.24) is 5.32 Å². The second-order valence-electron chi connectivity index (χ2n) is 5.07. The Labute approximate surface area is 140 Å². The van der Waals surface area contributed by atoms with Crippen LogP contribution in [0.4, 0.5) is 0 Å². The normalized spacial score (nSPS) is 11.0. The van der Waals surface area contributed by atoms with Gasteiger partial charge in [-0.15, -0.1) is 0 Å². The van der Waals surface area contributed by atoms with Crippen LogP contribution in [0.3, 0.4) is 0 Å². The van der Waals surface area contributed by atoms with Crippen molar-refractivity contribution >= 4 is 18.0 Å². The summed E-state index contributed by atoms with van der Waals surface area (Å²) >= 11 is 0. The molecule has 0 aliphatic heterocycles. The summed E-state index contributed by atoms with van der Waals surface area (Å²) in [6, 6.07) is 15.5. The molecule has 0 saturated carbocycles. The zero-order chi connectivity index (χ0) is 17.4. The lowest BCUT2D eigenvalue weighted by atomic mass is 10.1. The Bertz CT molecular complexity index is 738. The van der Waals surface area contributed by atoms with E-state index in [9.17, 15) is 14.7 Å². The number of carboxylic acid groups (broad SMARTS) is 1. The van der Waals surface area contributed by atoms with Gasteiger partial charge in [-0.1, -0.05) is 43.3 Å². The molecular weight excluding hydrogens is 306 g/mol. The molecule has 0 aliphatic carbocycles. The number of nitrogens with one attached hydrogen (secondary N) is 1. The van der Waals surface area contributed by atoms with E-state index >= 15 is 0 Å². The molecule has 0 heterocycles. The number of carbonyl (C=O) groups excluding carboxylic acids is 1. The Balaban J connectivity index is 2.26. The fourth-order valence-electron chi connectivity index (χ4n) is 2.03. The third kappa shape index (κ3) is 4.71. The molecule has 2 aromatic rings. The predicted octanol–water partition coefficient (Wildman–Crippen LogP) is 3.33. The van der Waals surface area contributed by atoms with Crippen LogP contribution in [0.15, 0.2) is 60.3 Å². The Kier molecular flexibility index (Phi) is 6.14. The average Bonchev–Trinajstić information content (AvgIpc) is 2.61. The topological polar surface area (TPSA) is 75.6 Å². The summed E-state index contributed by atoms with van der Waals surface area (Å²) in [7, 11) is 0. The van der Waals surface area contributed by atoms with Crippen LogP contribution in [0, 0.1) is 0 Å². The summed E-state index contributed by atoms with van der Waals surface area (Å²) in [5.41, 5.74) is 0.772. The molecule has 0 saturated heterocycles. The second-order valence-corrected chi connectivity index (χ2v) is 5.07. The number of ether oxygens (including phenoxy) is 1. The van der Waals surface area contributed by atoms with E-state index in [1.54, 1.807) is 48.5 Å². The molecule has 0 bridgehead atoms. The van der Waals surface area contributed by atoms with Crippen LogP contribution in [-0.4, -0.2) is 23.6 Å². The number of amides is 1. The largest absolute Gasteiger partial charge is 0.493 e. The first-order valence-electron chi connectivity index (χ1n) is 7.65. The van der Waals surface area contributed by atoms with E-state index in [2.05, 4.69) is 5.32 Å². The zero-order valence-corrected chi connectivity index (χ0v) is 13.4. The predicted molar refractivity (Wildman–Crippen MR) is 91.7 cm³/mol. The number of rotatable bonds is 7. The van der Waals surface area contributed by atoms with Crippen LogP contribution in [0.5, 0.6) is 5.75 Å². The van der Waals surface area contributed by atoms with Crippen LogP contribution >= 0.6 is 0 Å². The first kappa shape index (κ1) is 17.3. The lowest BCUT2D eigenvalue weighted by molar-refractivity contribution is -0.132. The van der Waals surface area contributed by atoms with Crippen LogP contribution in [-0.2, 0) is 4.79 Å². The van der Waals surface area contributed by atoms with Crippen molar-refractivity contribution in [1.29, 1.82) is 0 Å². The zero-order valence-electron chi connectivity index (χ0n) is 13.4. The molecule has 0 aliphatic rings. The molecule has 2 aromatic carbocycles. The second kappa shape index (κ2) is 8.53. The van der Waals surface area contributed by atoms with Crippen LogP contribution in [0.25, 0.3) is 6.08 Å². The fraction of sp³-hybridized carbons (Fsp3) is 0.158. The highest BCUT2D eigenvalue weighted by Crippen LogP contribution is 2.21. The van der Waals surface area contributed by atoms with Gasteiger partial charge in [-0.25, -0.2) is 4.79 Å². The van der Waals surface area contributed by atoms with Crippen LogP contribution < -0.4 is 10.1 Å². The van der Waals surface area contributed by atoms with Gasteiger partial charge < -0.3 is 15.2 Å². The Hall–Kier alpha value is -3.08. The minimum Gasteiger partial charge on any atom is -0.493 e. The summed E-state index contributed by atoms with van der Waals surface area (Å²) in [6.45, 7) is 2.52. The van der Waals surface area contributed by atoms with Gasteiger partial charge in [-0.3, -0.25) is 4.79 Å². The summed E-state index contributed by atoms with van der Waals surface area (Å²) < 4.78 is 5.61. The standard InChI is InChI=1S/C19H19NO4/c1-2-12-24-17-11-7-6-10-15(17)13-16(19(22)23)20-18(21)14-8-4-3-5-9-14/h3-11,13H,2,12H2,1H3,(H,20,21)(H,22,23). The highest BCUT2D eigenvalue weighted by Gasteiger charge is 2.14. The summed E-state index contributed by atoms with van der Waals surface area (Å²) in [5.74, 6) is -1.12. The molecule has 2 N–H and O–H groups in total. The van der Waals surface area contributed by atoms with Gasteiger partial charge in [0.05, 0.1) is 6.61 Å². The SMILES string of the molecule is CCCOc1ccccc1C=C(NC(=O)c1ccccc1)C(=O)O. The lowest BCUT2D eigenvalue weighted by Crippen LogP contribution is -2.27. The van der Waals surface area contributed by atoms with Gasteiger partial charge in [0.15, 0.2) is 0 Å². The van der Waals surface area contributed by atoms with E-state index in [0.717, 1.165) is 6.42 Å². The number of benzene rings is 2.